The van der Waals surface area contributed by atoms with Gasteiger partial charge in [0, 0.05) is 51.8 Å². The number of hydrogen-bond donors (Lipinski definition) is 1. The van der Waals surface area contributed by atoms with Crippen molar-refractivity contribution in [2.45, 2.75) is 20.3 Å². The Hall–Kier alpha value is -2.24. The molecule has 1 N–H and O–H groups in total. The maximum absolute atomic E-state index is 12.2. The van der Waals surface area contributed by atoms with Crippen molar-refractivity contribution in [2.24, 2.45) is 0 Å². The first-order valence-electron chi connectivity index (χ1n) is 8.10. The first kappa shape index (κ1) is 17.1. The fraction of sp³-hybridized carbons (Fsp3) is 0.529. The lowest BCUT2D eigenvalue weighted by Crippen LogP contribution is -2.50. The minimum atomic E-state index is 0.0780. The average Bonchev–Trinajstić information content (AvgIpc) is 2.56. The van der Waals surface area contributed by atoms with E-state index in [4.69, 9.17) is 4.74 Å². The van der Waals surface area contributed by atoms with Gasteiger partial charge in [-0.05, 0) is 31.2 Å². The molecular weight excluding hydrogens is 294 g/mol. The molecule has 0 aromatic heterocycles. The summed E-state index contributed by atoms with van der Waals surface area (Å²) in [7, 11) is 0. The molecule has 1 aromatic rings. The Labute approximate surface area is 137 Å². The number of anilines is 1. The molecule has 1 aliphatic heterocycles. The van der Waals surface area contributed by atoms with Gasteiger partial charge in [-0.15, -0.1) is 0 Å². The van der Waals surface area contributed by atoms with E-state index >= 15 is 0 Å². The molecule has 0 aliphatic carbocycles. The van der Waals surface area contributed by atoms with E-state index < -0.39 is 0 Å². The van der Waals surface area contributed by atoms with Gasteiger partial charge in [0.2, 0.25) is 11.8 Å². The third-order valence-electron chi connectivity index (χ3n) is 3.91. The van der Waals surface area contributed by atoms with E-state index in [2.05, 4.69) is 5.32 Å². The third-order valence-corrected chi connectivity index (χ3v) is 3.91. The molecule has 6 heteroatoms. The molecule has 0 atom stereocenters. The smallest absolute Gasteiger partial charge is 0.224 e. The van der Waals surface area contributed by atoms with Crippen LogP contribution in [0.25, 0.3) is 0 Å². The van der Waals surface area contributed by atoms with Gasteiger partial charge in [0.1, 0.15) is 5.75 Å². The largest absolute Gasteiger partial charge is 0.494 e. The molecule has 1 heterocycles. The molecule has 6 nitrogen and oxygen atoms in total. The van der Waals surface area contributed by atoms with Gasteiger partial charge >= 0.3 is 0 Å². The first-order chi connectivity index (χ1) is 11.1. The zero-order valence-corrected chi connectivity index (χ0v) is 13.9. The molecule has 0 spiro atoms. The number of amides is 2. The highest BCUT2D eigenvalue weighted by molar-refractivity contribution is 5.78. The second kappa shape index (κ2) is 8.41. The maximum atomic E-state index is 12.2. The maximum Gasteiger partial charge on any atom is 0.224 e. The summed E-state index contributed by atoms with van der Waals surface area (Å²) in [6.45, 7) is 7.29. The zero-order valence-electron chi connectivity index (χ0n) is 13.9. The van der Waals surface area contributed by atoms with Crippen LogP contribution in [0.3, 0.4) is 0 Å². The van der Waals surface area contributed by atoms with Crippen molar-refractivity contribution >= 4 is 17.5 Å². The molecule has 23 heavy (non-hydrogen) atoms. The molecule has 0 bridgehead atoms. The van der Waals surface area contributed by atoms with Crippen LogP contribution in [0, 0.1) is 0 Å². The molecule has 1 aromatic carbocycles. The van der Waals surface area contributed by atoms with Crippen molar-refractivity contribution < 1.29 is 14.3 Å². The predicted octanol–water partition coefficient (Wildman–Crippen LogP) is 1.58. The van der Waals surface area contributed by atoms with Crippen LogP contribution in [0.5, 0.6) is 5.75 Å². The van der Waals surface area contributed by atoms with Gasteiger partial charge in [-0.25, -0.2) is 0 Å². The number of carbonyl (C=O) groups excluding carboxylic acids is 2. The Morgan fingerprint density at radius 1 is 1.09 bits per heavy atom. The number of hydrogen-bond acceptors (Lipinski definition) is 4. The molecule has 2 rings (SSSR count). The number of nitrogens with zero attached hydrogens (tertiary/aromatic N) is 2. The summed E-state index contributed by atoms with van der Waals surface area (Å²) in [6.07, 6.45) is 0.452. The van der Waals surface area contributed by atoms with Crippen molar-refractivity contribution in [2.75, 3.05) is 44.6 Å². The van der Waals surface area contributed by atoms with Gasteiger partial charge in [0.15, 0.2) is 0 Å². The Morgan fingerprint density at radius 3 is 2.26 bits per heavy atom. The SMILES string of the molecule is CCOc1ccc(NCCC(=O)N2CCN(C(C)=O)CC2)cc1. The molecule has 0 radical (unpaired) electrons. The Balaban J connectivity index is 1.69. The van der Waals surface area contributed by atoms with Crippen LogP contribution in [0.4, 0.5) is 5.69 Å². The summed E-state index contributed by atoms with van der Waals surface area (Å²) in [5, 5.41) is 3.24. The van der Waals surface area contributed by atoms with Gasteiger partial charge in [-0.1, -0.05) is 0 Å². The Morgan fingerprint density at radius 2 is 1.70 bits per heavy atom. The van der Waals surface area contributed by atoms with E-state index in [1.807, 2.05) is 36.1 Å². The quantitative estimate of drug-likeness (QED) is 0.865. The van der Waals surface area contributed by atoms with Crippen LogP contribution in [0.15, 0.2) is 24.3 Å². The molecule has 1 saturated heterocycles. The standard InChI is InChI=1S/C17H25N3O3/c1-3-23-16-6-4-15(5-7-16)18-9-8-17(22)20-12-10-19(11-13-20)14(2)21/h4-7,18H,3,8-13H2,1-2H3. The second-order valence-electron chi connectivity index (χ2n) is 5.52. The number of ether oxygens (including phenoxy) is 1. The lowest BCUT2D eigenvalue weighted by Gasteiger charge is -2.34. The highest BCUT2D eigenvalue weighted by atomic mass is 16.5. The second-order valence-corrected chi connectivity index (χ2v) is 5.52. The molecule has 1 fully saturated rings. The van der Waals surface area contributed by atoms with Gasteiger partial charge in [-0.2, -0.15) is 0 Å². The van der Waals surface area contributed by atoms with Crippen LogP contribution < -0.4 is 10.1 Å². The first-order valence-corrected chi connectivity index (χ1v) is 8.10. The lowest BCUT2D eigenvalue weighted by molar-refractivity contribution is -0.138. The minimum absolute atomic E-state index is 0.0780. The highest BCUT2D eigenvalue weighted by Gasteiger charge is 2.21. The van der Waals surface area contributed by atoms with Crippen molar-refractivity contribution in [3.8, 4) is 5.75 Å². The number of nitrogens with one attached hydrogen (secondary N) is 1. The van der Waals surface area contributed by atoms with Gasteiger partial charge in [0.05, 0.1) is 6.61 Å². The number of carbonyl (C=O) groups is 2. The minimum Gasteiger partial charge on any atom is -0.494 e. The normalized spacial score (nSPS) is 14.5. The van der Waals surface area contributed by atoms with Crippen molar-refractivity contribution in [3.63, 3.8) is 0 Å². The van der Waals surface area contributed by atoms with E-state index in [0.29, 0.717) is 45.8 Å². The molecule has 2 amide bonds. The van der Waals surface area contributed by atoms with Crippen LogP contribution >= 0.6 is 0 Å². The topological polar surface area (TPSA) is 61.9 Å². The summed E-state index contributed by atoms with van der Waals surface area (Å²) in [4.78, 5) is 27.1. The number of rotatable bonds is 6. The third kappa shape index (κ3) is 5.16. The fourth-order valence-corrected chi connectivity index (χ4v) is 2.58. The number of benzene rings is 1. The van der Waals surface area contributed by atoms with Crippen molar-refractivity contribution in [1.82, 2.24) is 9.80 Å². The summed E-state index contributed by atoms with van der Waals surface area (Å²) in [6, 6.07) is 7.71. The molecular formula is C17H25N3O3. The average molecular weight is 319 g/mol. The van der Waals surface area contributed by atoms with E-state index in [9.17, 15) is 9.59 Å². The van der Waals surface area contributed by atoms with E-state index in [1.165, 1.54) is 0 Å². The van der Waals surface area contributed by atoms with Crippen LogP contribution in [0.2, 0.25) is 0 Å². The zero-order chi connectivity index (χ0) is 16.7. The molecule has 1 aliphatic rings. The van der Waals surface area contributed by atoms with Crippen molar-refractivity contribution in [1.29, 1.82) is 0 Å². The van der Waals surface area contributed by atoms with Gasteiger partial charge in [0.25, 0.3) is 0 Å². The van der Waals surface area contributed by atoms with Crippen LogP contribution in [-0.2, 0) is 9.59 Å². The van der Waals surface area contributed by atoms with E-state index in [-0.39, 0.29) is 11.8 Å². The predicted molar refractivity (Wildman–Crippen MR) is 89.6 cm³/mol. The Kier molecular flexibility index (Phi) is 6.26. The van der Waals surface area contributed by atoms with E-state index in [0.717, 1.165) is 11.4 Å². The molecule has 126 valence electrons. The number of piperazine rings is 1. The molecule has 0 unspecified atom stereocenters. The Bertz CT molecular complexity index is 522. The summed E-state index contributed by atoms with van der Waals surface area (Å²) in [5.41, 5.74) is 0.975. The highest BCUT2D eigenvalue weighted by Crippen LogP contribution is 2.15. The van der Waals surface area contributed by atoms with Gasteiger partial charge in [-0.3, -0.25) is 9.59 Å². The van der Waals surface area contributed by atoms with Crippen LogP contribution in [0.1, 0.15) is 20.3 Å². The van der Waals surface area contributed by atoms with E-state index in [1.54, 1.807) is 11.8 Å². The summed E-state index contributed by atoms with van der Waals surface area (Å²) < 4.78 is 5.39. The van der Waals surface area contributed by atoms with Crippen molar-refractivity contribution in [3.05, 3.63) is 24.3 Å². The lowest BCUT2D eigenvalue weighted by atomic mass is 10.2. The van der Waals surface area contributed by atoms with Gasteiger partial charge < -0.3 is 19.9 Å². The molecule has 0 saturated carbocycles. The monoisotopic (exact) mass is 319 g/mol. The van der Waals surface area contributed by atoms with Crippen LogP contribution in [-0.4, -0.2) is 60.9 Å². The fourth-order valence-electron chi connectivity index (χ4n) is 2.58. The summed E-state index contributed by atoms with van der Waals surface area (Å²) in [5.74, 6) is 1.05. The summed E-state index contributed by atoms with van der Waals surface area (Å²) >= 11 is 0.